The van der Waals surface area contributed by atoms with Gasteiger partial charge in [-0.2, -0.15) is 11.8 Å². The van der Waals surface area contributed by atoms with Gasteiger partial charge in [0.05, 0.1) is 6.54 Å². The van der Waals surface area contributed by atoms with Gasteiger partial charge in [-0.1, -0.05) is 25.4 Å². The second-order valence-electron chi connectivity index (χ2n) is 5.40. The third kappa shape index (κ3) is 5.40. The molecule has 0 saturated carbocycles. The van der Waals surface area contributed by atoms with Gasteiger partial charge in [-0.3, -0.25) is 0 Å². The standard InChI is InChI=1S/C13H24N4OS/c1-10(2)7-14-9-12-16-17-13(18-12)15-8-11-5-3-4-6-19-11/h10-11,14H,3-9H2,1-2H3,(H,15,17). The zero-order valence-corrected chi connectivity index (χ0v) is 12.6. The summed E-state index contributed by atoms with van der Waals surface area (Å²) < 4.78 is 5.55. The van der Waals surface area contributed by atoms with E-state index >= 15 is 0 Å². The molecule has 0 radical (unpaired) electrons. The molecule has 1 unspecified atom stereocenters. The number of thioether (sulfide) groups is 1. The number of aromatic nitrogens is 2. The largest absolute Gasteiger partial charge is 0.407 e. The lowest BCUT2D eigenvalue weighted by Crippen LogP contribution is -2.20. The van der Waals surface area contributed by atoms with Crippen LogP contribution in [0.4, 0.5) is 6.01 Å². The maximum atomic E-state index is 5.55. The highest BCUT2D eigenvalue weighted by molar-refractivity contribution is 7.99. The third-order valence-electron chi connectivity index (χ3n) is 3.05. The Labute approximate surface area is 119 Å². The summed E-state index contributed by atoms with van der Waals surface area (Å²) in [6, 6.07) is 0.549. The van der Waals surface area contributed by atoms with Crippen molar-refractivity contribution in [2.24, 2.45) is 5.92 Å². The summed E-state index contributed by atoms with van der Waals surface area (Å²) in [6.45, 7) is 6.88. The predicted molar refractivity (Wildman–Crippen MR) is 79.4 cm³/mol. The predicted octanol–water partition coefficient (Wildman–Crippen LogP) is 2.51. The highest BCUT2D eigenvalue weighted by Crippen LogP contribution is 2.25. The molecule has 1 aliphatic heterocycles. The van der Waals surface area contributed by atoms with Crippen molar-refractivity contribution < 1.29 is 4.42 Å². The van der Waals surface area contributed by atoms with Crippen LogP contribution < -0.4 is 10.6 Å². The van der Waals surface area contributed by atoms with Gasteiger partial charge in [0.25, 0.3) is 0 Å². The summed E-state index contributed by atoms with van der Waals surface area (Å²) in [7, 11) is 0. The van der Waals surface area contributed by atoms with E-state index in [1.54, 1.807) is 0 Å². The van der Waals surface area contributed by atoms with Crippen LogP contribution in [-0.4, -0.2) is 34.3 Å². The number of rotatable bonds is 7. The van der Waals surface area contributed by atoms with Crippen LogP contribution in [0.2, 0.25) is 0 Å². The zero-order valence-electron chi connectivity index (χ0n) is 11.8. The molecule has 1 atom stereocenters. The van der Waals surface area contributed by atoms with Crippen LogP contribution in [0, 0.1) is 5.92 Å². The van der Waals surface area contributed by atoms with Gasteiger partial charge < -0.3 is 15.1 Å². The fourth-order valence-electron chi connectivity index (χ4n) is 2.03. The highest BCUT2D eigenvalue weighted by atomic mass is 32.2. The van der Waals surface area contributed by atoms with Gasteiger partial charge in [0, 0.05) is 11.8 Å². The van der Waals surface area contributed by atoms with E-state index in [0.29, 0.717) is 29.6 Å². The van der Waals surface area contributed by atoms with Crippen LogP contribution in [0.1, 0.15) is 39.0 Å². The molecule has 1 aliphatic rings. The molecule has 2 rings (SSSR count). The average Bonchev–Trinajstić information content (AvgIpc) is 2.85. The highest BCUT2D eigenvalue weighted by Gasteiger charge is 2.14. The second kappa shape index (κ2) is 7.75. The molecule has 108 valence electrons. The SMILES string of the molecule is CC(C)CNCc1nnc(NCC2CCCCS2)o1. The molecule has 0 amide bonds. The monoisotopic (exact) mass is 284 g/mol. The Hall–Kier alpha value is -0.750. The van der Waals surface area contributed by atoms with E-state index in [1.807, 2.05) is 11.8 Å². The molecule has 0 spiro atoms. The Morgan fingerprint density at radius 2 is 2.26 bits per heavy atom. The number of nitrogens with one attached hydrogen (secondary N) is 2. The second-order valence-corrected chi connectivity index (χ2v) is 6.80. The average molecular weight is 284 g/mol. The quantitative estimate of drug-likeness (QED) is 0.802. The summed E-state index contributed by atoms with van der Waals surface area (Å²) in [4.78, 5) is 0. The normalized spacial score (nSPS) is 19.8. The summed E-state index contributed by atoms with van der Waals surface area (Å²) >= 11 is 2.04. The van der Waals surface area contributed by atoms with Gasteiger partial charge in [0.1, 0.15) is 0 Å². The maximum Gasteiger partial charge on any atom is 0.315 e. The van der Waals surface area contributed by atoms with Crippen LogP contribution in [0.15, 0.2) is 4.42 Å². The van der Waals surface area contributed by atoms with Crippen molar-refractivity contribution in [3.05, 3.63) is 5.89 Å². The molecule has 1 fully saturated rings. The van der Waals surface area contributed by atoms with Crippen LogP contribution in [0.3, 0.4) is 0 Å². The smallest absolute Gasteiger partial charge is 0.315 e. The molecule has 2 N–H and O–H groups in total. The van der Waals surface area contributed by atoms with E-state index in [9.17, 15) is 0 Å². The van der Waals surface area contributed by atoms with Gasteiger partial charge in [0.15, 0.2) is 0 Å². The first-order valence-corrected chi connectivity index (χ1v) is 8.17. The van der Waals surface area contributed by atoms with Crippen molar-refractivity contribution in [2.45, 2.75) is 44.9 Å². The van der Waals surface area contributed by atoms with Crippen LogP contribution >= 0.6 is 11.8 Å². The number of anilines is 1. The van der Waals surface area contributed by atoms with E-state index in [4.69, 9.17) is 4.42 Å². The first kappa shape index (κ1) is 14.7. The lowest BCUT2D eigenvalue weighted by atomic mass is 10.2. The summed E-state index contributed by atoms with van der Waals surface area (Å²) in [5.74, 6) is 2.56. The van der Waals surface area contributed by atoms with Crippen molar-refractivity contribution in [3.63, 3.8) is 0 Å². The van der Waals surface area contributed by atoms with Gasteiger partial charge in [-0.25, -0.2) is 0 Å². The maximum absolute atomic E-state index is 5.55. The first-order valence-electron chi connectivity index (χ1n) is 7.12. The van der Waals surface area contributed by atoms with Crippen LogP contribution in [-0.2, 0) is 6.54 Å². The fourth-order valence-corrected chi connectivity index (χ4v) is 3.27. The van der Waals surface area contributed by atoms with Crippen molar-refractivity contribution in [1.82, 2.24) is 15.5 Å². The fraction of sp³-hybridized carbons (Fsp3) is 0.846. The van der Waals surface area contributed by atoms with E-state index in [2.05, 4.69) is 34.7 Å². The summed E-state index contributed by atoms with van der Waals surface area (Å²) in [6.07, 6.45) is 3.98. The van der Waals surface area contributed by atoms with Crippen molar-refractivity contribution in [2.75, 3.05) is 24.2 Å². The molecule has 19 heavy (non-hydrogen) atoms. The minimum atomic E-state index is 0.549. The van der Waals surface area contributed by atoms with Crippen LogP contribution in [0.5, 0.6) is 0 Å². The van der Waals surface area contributed by atoms with Gasteiger partial charge in [-0.15, -0.1) is 5.10 Å². The third-order valence-corrected chi connectivity index (χ3v) is 4.45. The molecule has 1 aromatic heterocycles. The Kier molecular flexibility index (Phi) is 5.97. The van der Waals surface area contributed by atoms with Gasteiger partial charge in [-0.05, 0) is 31.1 Å². The molecule has 0 aromatic carbocycles. The van der Waals surface area contributed by atoms with E-state index in [-0.39, 0.29) is 0 Å². The molecule has 1 saturated heterocycles. The van der Waals surface area contributed by atoms with Gasteiger partial charge >= 0.3 is 6.01 Å². The molecule has 0 aliphatic carbocycles. The minimum absolute atomic E-state index is 0.549. The lowest BCUT2D eigenvalue weighted by Gasteiger charge is -2.20. The van der Waals surface area contributed by atoms with Crippen molar-refractivity contribution >= 4 is 17.8 Å². The topological polar surface area (TPSA) is 63.0 Å². The van der Waals surface area contributed by atoms with E-state index in [1.165, 1.54) is 25.0 Å². The Morgan fingerprint density at radius 3 is 3.00 bits per heavy atom. The molecular weight excluding hydrogens is 260 g/mol. The lowest BCUT2D eigenvalue weighted by molar-refractivity contribution is 0.458. The molecule has 6 heteroatoms. The minimum Gasteiger partial charge on any atom is -0.407 e. The molecule has 5 nitrogen and oxygen atoms in total. The first-order chi connectivity index (χ1) is 9.24. The number of hydrogen-bond acceptors (Lipinski definition) is 6. The Bertz CT molecular complexity index is 363. The summed E-state index contributed by atoms with van der Waals surface area (Å²) in [5.41, 5.74) is 0. The van der Waals surface area contributed by atoms with E-state index < -0.39 is 0 Å². The number of nitrogens with zero attached hydrogens (tertiary/aromatic N) is 2. The summed E-state index contributed by atoms with van der Waals surface area (Å²) in [5, 5.41) is 15.3. The van der Waals surface area contributed by atoms with Crippen LogP contribution in [0.25, 0.3) is 0 Å². The Balaban J connectivity index is 1.68. The Morgan fingerprint density at radius 1 is 1.37 bits per heavy atom. The molecule has 2 heterocycles. The van der Waals surface area contributed by atoms with Crippen molar-refractivity contribution in [3.8, 4) is 0 Å². The van der Waals surface area contributed by atoms with Gasteiger partial charge in [0.2, 0.25) is 5.89 Å². The number of hydrogen-bond donors (Lipinski definition) is 2. The molecular formula is C13H24N4OS. The van der Waals surface area contributed by atoms with E-state index in [0.717, 1.165) is 13.1 Å². The molecule has 0 bridgehead atoms. The zero-order chi connectivity index (χ0) is 13.5. The molecule has 1 aromatic rings. The van der Waals surface area contributed by atoms with Crippen molar-refractivity contribution in [1.29, 1.82) is 0 Å².